The van der Waals surface area contributed by atoms with Crippen LogP contribution < -0.4 is 0 Å². The summed E-state index contributed by atoms with van der Waals surface area (Å²) in [7, 11) is 0. The third kappa shape index (κ3) is 34.2. The molecule has 0 rings (SSSR count). The zero-order valence-electron chi connectivity index (χ0n) is 28.7. The second-order valence-electron chi connectivity index (χ2n) is 13.7. The zero-order chi connectivity index (χ0) is 29.0. The van der Waals surface area contributed by atoms with E-state index in [0.717, 1.165) is 12.3 Å². The van der Waals surface area contributed by atoms with Crippen molar-refractivity contribution in [2.45, 2.75) is 245 Å². The molecule has 0 amide bonds. The van der Waals surface area contributed by atoms with Gasteiger partial charge in [0.1, 0.15) is 0 Å². The van der Waals surface area contributed by atoms with Crippen molar-refractivity contribution >= 4 is 0 Å². The Bertz CT molecular complexity index is 412. The molecule has 0 spiro atoms. The van der Waals surface area contributed by atoms with Gasteiger partial charge in [-0.1, -0.05) is 252 Å². The molecule has 0 aromatic rings. The van der Waals surface area contributed by atoms with E-state index in [1.165, 1.54) is 225 Å². The lowest BCUT2D eigenvalue weighted by Gasteiger charge is -2.17. The van der Waals surface area contributed by atoms with Crippen LogP contribution in [-0.4, -0.2) is 0 Å². The van der Waals surface area contributed by atoms with Crippen LogP contribution in [0.25, 0.3) is 0 Å². The molecule has 0 N–H and O–H groups in total. The first kappa shape index (κ1) is 40.0. The van der Waals surface area contributed by atoms with Gasteiger partial charge in [-0.25, -0.2) is 0 Å². The van der Waals surface area contributed by atoms with Gasteiger partial charge in [-0.15, -0.1) is 0 Å². The highest BCUT2D eigenvalue weighted by Gasteiger charge is 2.08. The molecule has 0 saturated heterocycles. The third-order valence-corrected chi connectivity index (χ3v) is 9.54. The molecule has 241 valence electrons. The topological polar surface area (TPSA) is 0 Å². The number of unbranched alkanes of at least 4 members (excludes halogenated alkanes) is 30. The minimum Gasteiger partial charge on any atom is -0.0654 e. The molecule has 0 aliphatic rings. The van der Waals surface area contributed by atoms with E-state index in [1.54, 1.807) is 0 Å². The van der Waals surface area contributed by atoms with Gasteiger partial charge in [-0.2, -0.15) is 0 Å². The van der Waals surface area contributed by atoms with Crippen molar-refractivity contribution in [2.24, 2.45) is 5.92 Å². The highest BCUT2D eigenvalue weighted by molar-refractivity contribution is 4.62. The van der Waals surface area contributed by atoms with Gasteiger partial charge in [0.15, 0.2) is 0 Å². The normalized spacial score (nSPS) is 12.4. The highest BCUT2D eigenvalue weighted by Crippen LogP contribution is 2.25. The minimum atomic E-state index is 1.02. The molecule has 0 heteroatoms. The van der Waals surface area contributed by atoms with Crippen LogP contribution in [0.15, 0.2) is 0 Å². The first-order chi connectivity index (χ1) is 19.8. The quantitative estimate of drug-likeness (QED) is 0.0667. The van der Waals surface area contributed by atoms with E-state index in [1.807, 2.05) is 0 Å². The Hall–Kier alpha value is 0. The maximum absolute atomic E-state index is 4.04. The summed E-state index contributed by atoms with van der Waals surface area (Å²) in [6.45, 7) is 8.67. The van der Waals surface area contributed by atoms with E-state index in [2.05, 4.69) is 20.8 Å². The molecule has 1 atom stereocenters. The van der Waals surface area contributed by atoms with Gasteiger partial charge in [0.05, 0.1) is 0 Å². The van der Waals surface area contributed by atoms with Gasteiger partial charge in [0.25, 0.3) is 0 Å². The first-order valence-corrected chi connectivity index (χ1v) is 19.6. The lowest BCUT2D eigenvalue weighted by Crippen LogP contribution is -2.01. The fourth-order valence-corrected chi connectivity index (χ4v) is 6.65. The molecule has 0 aliphatic carbocycles. The van der Waals surface area contributed by atoms with Crippen LogP contribution in [0.3, 0.4) is 0 Å². The summed E-state index contributed by atoms with van der Waals surface area (Å²) >= 11 is 0. The summed E-state index contributed by atoms with van der Waals surface area (Å²) in [5, 5.41) is 0. The van der Waals surface area contributed by atoms with Gasteiger partial charge >= 0.3 is 0 Å². The highest BCUT2D eigenvalue weighted by atomic mass is 14.1. The van der Waals surface area contributed by atoms with E-state index in [0.29, 0.717) is 0 Å². The van der Waals surface area contributed by atoms with Crippen molar-refractivity contribution in [3.8, 4) is 0 Å². The average Bonchev–Trinajstić information content (AvgIpc) is 2.97. The molecule has 0 saturated carbocycles. The van der Waals surface area contributed by atoms with E-state index in [9.17, 15) is 0 Å². The van der Waals surface area contributed by atoms with Gasteiger partial charge in [-0.3, -0.25) is 0 Å². The Labute approximate surface area is 257 Å². The summed E-state index contributed by atoms with van der Waals surface area (Å²) in [6.07, 6.45) is 52.6. The van der Waals surface area contributed by atoms with Crippen LogP contribution in [0.1, 0.15) is 245 Å². The van der Waals surface area contributed by atoms with Crippen molar-refractivity contribution < 1.29 is 0 Å². The molecule has 0 heterocycles. The maximum atomic E-state index is 4.04. The van der Waals surface area contributed by atoms with Gasteiger partial charge in [0, 0.05) is 0 Å². The van der Waals surface area contributed by atoms with Crippen molar-refractivity contribution in [1.29, 1.82) is 0 Å². The third-order valence-electron chi connectivity index (χ3n) is 9.54. The van der Waals surface area contributed by atoms with Crippen LogP contribution in [-0.2, 0) is 0 Å². The summed E-state index contributed by atoms with van der Waals surface area (Å²) in [5.74, 6) is 1.02. The van der Waals surface area contributed by atoms with Crippen LogP contribution in [0.5, 0.6) is 0 Å². The van der Waals surface area contributed by atoms with Crippen molar-refractivity contribution in [2.75, 3.05) is 0 Å². The molecule has 0 aromatic heterocycles. The molecule has 1 unspecified atom stereocenters. The maximum Gasteiger partial charge on any atom is -0.0414 e. The Balaban J connectivity index is 3.62. The van der Waals surface area contributed by atoms with E-state index in [4.69, 9.17) is 0 Å². The molecule has 0 fully saturated rings. The molecular weight excluding hydrogens is 480 g/mol. The fraction of sp³-hybridized carbons (Fsp3) is 0.975. The van der Waals surface area contributed by atoms with E-state index in [-0.39, 0.29) is 0 Å². The molecular formula is C40H81. The minimum absolute atomic E-state index is 1.02. The molecule has 1 radical (unpaired) electrons. The van der Waals surface area contributed by atoms with E-state index >= 15 is 0 Å². The Kier molecular flexibility index (Phi) is 37.0. The summed E-state index contributed by atoms with van der Waals surface area (Å²) < 4.78 is 0. The second-order valence-corrected chi connectivity index (χ2v) is 13.7. The van der Waals surface area contributed by atoms with Crippen molar-refractivity contribution in [1.82, 2.24) is 0 Å². The predicted octanol–water partition coefficient (Wildman–Crippen LogP) is 15.5. The summed E-state index contributed by atoms with van der Waals surface area (Å²) in [4.78, 5) is 0. The Morgan fingerprint density at radius 2 is 0.475 bits per heavy atom. The summed E-state index contributed by atoms with van der Waals surface area (Å²) in [6, 6.07) is 0. The molecule has 40 heavy (non-hydrogen) atoms. The molecule has 0 aliphatic heterocycles. The summed E-state index contributed by atoms with van der Waals surface area (Å²) in [5.41, 5.74) is 0. The number of hydrogen-bond donors (Lipinski definition) is 0. The van der Waals surface area contributed by atoms with E-state index < -0.39 is 0 Å². The van der Waals surface area contributed by atoms with Crippen molar-refractivity contribution in [3.05, 3.63) is 6.92 Å². The monoisotopic (exact) mass is 562 g/mol. The first-order valence-electron chi connectivity index (χ1n) is 19.6. The standard InChI is InChI=1S/C40H81/c1-4-7-10-13-15-17-19-21-23-25-27-29-31-33-36-39-40(37-34-12-9-6-3)38-35-32-30-28-26-24-22-20-18-16-14-11-8-5-2/h40H,3-39H2,1-2H3. The van der Waals surface area contributed by atoms with Gasteiger partial charge in [0.2, 0.25) is 0 Å². The van der Waals surface area contributed by atoms with Crippen molar-refractivity contribution in [3.63, 3.8) is 0 Å². The fourth-order valence-electron chi connectivity index (χ4n) is 6.65. The Morgan fingerprint density at radius 1 is 0.275 bits per heavy atom. The van der Waals surface area contributed by atoms with Crippen LogP contribution >= 0.6 is 0 Å². The smallest absolute Gasteiger partial charge is 0.0414 e. The Morgan fingerprint density at radius 3 is 0.700 bits per heavy atom. The SMILES string of the molecule is [CH2]CCCCCC(CCCCCCCCCCCCCCCC)CCCCCCCCCCCCCCCCC. The van der Waals surface area contributed by atoms with Gasteiger partial charge < -0.3 is 0 Å². The number of hydrogen-bond acceptors (Lipinski definition) is 0. The average molecular weight is 562 g/mol. The lowest BCUT2D eigenvalue weighted by molar-refractivity contribution is 0.366. The molecule has 0 aromatic carbocycles. The predicted molar refractivity (Wildman–Crippen MR) is 186 cm³/mol. The zero-order valence-corrected chi connectivity index (χ0v) is 28.7. The van der Waals surface area contributed by atoms with Gasteiger partial charge in [-0.05, 0) is 5.92 Å². The molecule has 0 bridgehead atoms. The largest absolute Gasteiger partial charge is 0.0654 e. The number of rotatable bonds is 36. The second kappa shape index (κ2) is 37.0. The van der Waals surface area contributed by atoms with Crippen LogP contribution in [0.4, 0.5) is 0 Å². The molecule has 0 nitrogen and oxygen atoms in total. The van der Waals surface area contributed by atoms with Crippen LogP contribution in [0, 0.1) is 12.8 Å². The lowest BCUT2D eigenvalue weighted by atomic mass is 9.89. The van der Waals surface area contributed by atoms with Crippen LogP contribution in [0.2, 0.25) is 0 Å².